The maximum Gasteiger partial charge on any atom is 0.134 e. The zero-order valence-corrected chi connectivity index (χ0v) is 11.6. The molecule has 2 aromatic rings. The standard InChI is InChI=1S/C16H21NO2/c1-3-17-11-14(12-18-2)19-16-10-6-8-13-7-4-5-9-15(13)16/h4-10,14,17H,3,11-12H2,1-2H3. The van der Waals surface area contributed by atoms with Gasteiger partial charge in [-0.3, -0.25) is 0 Å². The molecule has 0 saturated heterocycles. The lowest BCUT2D eigenvalue weighted by Crippen LogP contribution is -2.34. The second-order valence-corrected chi connectivity index (χ2v) is 4.48. The lowest BCUT2D eigenvalue weighted by atomic mass is 10.1. The molecule has 0 aliphatic heterocycles. The molecule has 0 spiro atoms. The van der Waals surface area contributed by atoms with Gasteiger partial charge in [0.25, 0.3) is 0 Å². The van der Waals surface area contributed by atoms with Crippen LogP contribution in [0.3, 0.4) is 0 Å². The first-order valence-electron chi connectivity index (χ1n) is 6.69. The molecule has 3 heteroatoms. The van der Waals surface area contributed by atoms with Crippen LogP contribution in [0.15, 0.2) is 42.5 Å². The van der Waals surface area contributed by atoms with Crippen molar-refractivity contribution >= 4 is 10.8 Å². The number of methoxy groups -OCH3 is 1. The number of hydrogen-bond donors (Lipinski definition) is 1. The molecule has 1 atom stereocenters. The van der Waals surface area contributed by atoms with Crippen molar-refractivity contribution in [1.29, 1.82) is 0 Å². The molecule has 2 aromatic carbocycles. The van der Waals surface area contributed by atoms with Crippen LogP contribution >= 0.6 is 0 Å². The van der Waals surface area contributed by atoms with E-state index in [4.69, 9.17) is 9.47 Å². The van der Waals surface area contributed by atoms with Crippen molar-refractivity contribution in [2.75, 3.05) is 26.8 Å². The van der Waals surface area contributed by atoms with Gasteiger partial charge in [0.05, 0.1) is 6.61 Å². The van der Waals surface area contributed by atoms with E-state index in [1.165, 1.54) is 5.39 Å². The first-order chi connectivity index (χ1) is 9.35. The molecule has 0 aliphatic rings. The molecule has 0 aliphatic carbocycles. The predicted molar refractivity (Wildman–Crippen MR) is 78.8 cm³/mol. The number of ether oxygens (including phenoxy) is 2. The third kappa shape index (κ3) is 3.69. The Labute approximate surface area is 114 Å². The summed E-state index contributed by atoms with van der Waals surface area (Å²) in [5.41, 5.74) is 0. The number of nitrogens with one attached hydrogen (secondary N) is 1. The highest BCUT2D eigenvalue weighted by molar-refractivity contribution is 5.88. The van der Waals surface area contributed by atoms with Gasteiger partial charge in [0.1, 0.15) is 11.9 Å². The van der Waals surface area contributed by atoms with E-state index in [9.17, 15) is 0 Å². The maximum absolute atomic E-state index is 6.08. The summed E-state index contributed by atoms with van der Waals surface area (Å²) in [6, 6.07) is 14.4. The Morgan fingerprint density at radius 3 is 2.68 bits per heavy atom. The zero-order chi connectivity index (χ0) is 13.5. The van der Waals surface area contributed by atoms with Crippen LogP contribution in [0.2, 0.25) is 0 Å². The van der Waals surface area contributed by atoms with E-state index in [0.717, 1.165) is 24.2 Å². The average molecular weight is 259 g/mol. The Morgan fingerprint density at radius 2 is 1.89 bits per heavy atom. The van der Waals surface area contributed by atoms with Crippen LogP contribution in [-0.2, 0) is 4.74 Å². The fourth-order valence-corrected chi connectivity index (χ4v) is 2.10. The third-order valence-corrected chi connectivity index (χ3v) is 3.02. The van der Waals surface area contributed by atoms with E-state index in [1.54, 1.807) is 7.11 Å². The van der Waals surface area contributed by atoms with Crippen molar-refractivity contribution in [2.24, 2.45) is 0 Å². The van der Waals surface area contributed by atoms with Crippen LogP contribution in [0.4, 0.5) is 0 Å². The van der Waals surface area contributed by atoms with Crippen LogP contribution in [0.5, 0.6) is 5.75 Å². The summed E-state index contributed by atoms with van der Waals surface area (Å²) in [5, 5.41) is 5.63. The van der Waals surface area contributed by atoms with Crippen LogP contribution in [-0.4, -0.2) is 32.9 Å². The molecule has 0 aromatic heterocycles. The van der Waals surface area contributed by atoms with Gasteiger partial charge in [0, 0.05) is 19.0 Å². The van der Waals surface area contributed by atoms with Crippen molar-refractivity contribution in [3.05, 3.63) is 42.5 Å². The van der Waals surface area contributed by atoms with Gasteiger partial charge >= 0.3 is 0 Å². The molecule has 0 heterocycles. The smallest absolute Gasteiger partial charge is 0.134 e. The van der Waals surface area contributed by atoms with Gasteiger partial charge in [-0.2, -0.15) is 0 Å². The van der Waals surface area contributed by atoms with E-state index in [2.05, 4.69) is 30.4 Å². The number of rotatable bonds is 7. The van der Waals surface area contributed by atoms with Gasteiger partial charge in [-0.25, -0.2) is 0 Å². The molecule has 0 amide bonds. The molecule has 0 radical (unpaired) electrons. The van der Waals surface area contributed by atoms with Crippen molar-refractivity contribution in [2.45, 2.75) is 13.0 Å². The monoisotopic (exact) mass is 259 g/mol. The summed E-state index contributed by atoms with van der Waals surface area (Å²) in [6.45, 7) is 4.38. The van der Waals surface area contributed by atoms with E-state index >= 15 is 0 Å². The van der Waals surface area contributed by atoms with Crippen LogP contribution in [0.25, 0.3) is 10.8 Å². The normalized spacial score (nSPS) is 12.5. The van der Waals surface area contributed by atoms with Gasteiger partial charge in [-0.05, 0) is 18.0 Å². The van der Waals surface area contributed by atoms with Crippen LogP contribution in [0, 0.1) is 0 Å². The minimum absolute atomic E-state index is 0.0238. The van der Waals surface area contributed by atoms with E-state index in [-0.39, 0.29) is 6.10 Å². The Morgan fingerprint density at radius 1 is 1.11 bits per heavy atom. The van der Waals surface area contributed by atoms with Crippen molar-refractivity contribution in [3.8, 4) is 5.75 Å². The number of fused-ring (bicyclic) bond motifs is 1. The highest BCUT2D eigenvalue weighted by Crippen LogP contribution is 2.25. The molecular formula is C16H21NO2. The molecular weight excluding hydrogens is 238 g/mol. The van der Waals surface area contributed by atoms with Crippen LogP contribution in [0.1, 0.15) is 6.92 Å². The van der Waals surface area contributed by atoms with Gasteiger partial charge in [0.2, 0.25) is 0 Å². The number of hydrogen-bond acceptors (Lipinski definition) is 3. The van der Waals surface area contributed by atoms with Crippen molar-refractivity contribution in [3.63, 3.8) is 0 Å². The quantitative estimate of drug-likeness (QED) is 0.829. The molecule has 1 unspecified atom stereocenters. The number of likely N-dealkylation sites (N-methyl/N-ethyl adjacent to an activating group) is 1. The minimum Gasteiger partial charge on any atom is -0.486 e. The molecule has 102 valence electrons. The van der Waals surface area contributed by atoms with E-state index in [1.807, 2.05) is 24.3 Å². The molecule has 2 rings (SSSR count). The zero-order valence-electron chi connectivity index (χ0n) is 11.6. The summed E-state index contributed by atoms with van der Waals surface area (Å²) in [4.78, 5) is 0. The highest BCUT2D eigenvalue weighted by Gasteiger charge is 2.11. The minimum atomic E-state index is 0.0238. The topological polar surface area (TPSA) is 30.5 Å². The summed E-state index contributed by atoms with van der Waals surface area (Å²) in [5.74, 6) is 0.915. The van der Waals surface area contributed by atoms with E-state index < -0.39 is 0 Å². The van der Waals surface area contributed by atoms with Gasteiger partial charge < -0.3 is 14.8 Å². The lowest BCUT2D eigenvalue weighted by Gasteiger charge is -2.19. The Balaban J connectivity index is 2.18. The first-order valence-corrected chi connectivity index (χ1v) is 6.69. The number of benzene rings is 2. The maximum atomic E-state index is 6.08. The molecule has 0 saturated carbocycles. The Kier molecular flexibility index (Phi) is 5.19. The molecule has 0 fully saturated rings. The molecule has 3 nitrogen and oxygen atoms in total. The SMILES string of the molecule is CCNCC(COC)Oc1cccc2ccccc12. The van der Waals surface area contributed by atoms with Crippen LogP contribution < -0.4 is 10.1 Å². The van der Waals surface area contributed by atoms with Crippen molar-refractivity contribution in [1.82, 2.24) is 5.32 Å². The van der Waals surface area contributed by atoms with Gasteiger partial charge in [-0.1, -0.05) is 43.3 Å². The van der Waals surface area contributed by atoms with Gasteiger partial charge in [-0.15, -0.1) is 0 Å². The summed E-state index contributed by atoms with van der Waals surface area (Å²) < 4.78 is 11.3. The molecule has 0 bridgehead atoms. The average Bonchev–Trinajstić information content (AvgIpc) is 2.45. The van der Waals surface area contributed by atoms with Crippen molar-refractivity contribution < 1.29 is 9.47 Å². The lowest BCUT2D eigenvalue weighted by molar-refractivity contribution is 0.0820. The largest absolute Gasteiger partial charge is 0.486 e. The van der Waals surface area contributed by atoms with Gasteiger partial charge in [0.15, 0.2) is 0 Å². The Hall–Kier alpha value is -1.58. The summed E-state index contributed by atoms with van der Waals surface area (Å²) >= 11 is 0. The molecule has 1 N–H and O–H groups in total. The second-order valence-electron chi connectivity index (χ2n) is 4.48. The third-order valence-electron chi connectivity index (χ3n) is 3.02. The summed E-state index contributed by atoms with van der Waals surface area (Å²) in [6.07, 6.45) is 0.0238. The fourth-order valence-electron chi connectivity index (χ4n) is 2.10. The first kappa shape index (κ1) is 13.8. The summed E-state index contributed by atoms with van der Waals surface area (Å²) in [7, 11) is 1.70. The Bertz CT molecular complexity index is 508. The predicted octanol–water partition coefficient (Wildman–Crippen LogP) is 2.84. The molecule has 19 heavy (non-hydrogen) atoms. The second kappa shape index (κ2) is 7.12. The highest BCUT2D eigenvalue weighted by atomic mass is 16.5. The fraction of sp³-hybridized carbons (Fsp3) is 0.375. The van der Waals surface area contributed by atoms with E-state index in [0.29, 0.717) is 6.61 Å².